The number of nitriles is 1. The van der Waals surface area contributed by atoms with Crippen LogP contribution >= 0.6 is 0 Å². The smallest absolute Gasteiger partial charge is 0.252 e. The molecule has 7 rings (SSSR count). The number of hydrogen-bond donors (Lipinski definition) is 1. The van der Waals surface area contributed by atoms with Gasteiger partial charge in [-0.05, 0) is 101 Å². The van der Waals surface area contributed by atoms with Gasteiger partial charge in [0.1, 0.15) is 12.1 Å². The van der Waals surface area contributed by atoms with Crippen molar-refractivity contribution in [2.75, 3.05) is 26.2 Å². The molecule has 0 bridgehead atoms. The normalized spacial score (nSPS) is 21.5. The Bertz CT molecular complexity index is 1510. The first-order valence-electron chi connectivity index (χ1n) is 16.5. The Hall–Kier alpha value is -3.57. The molecule has 2 aliphatic carbocycles. The van der Waals surface area contributed by atoms with E-state index in [0.717, 1.165) is 67.4 Å². The SMILES string of the molecule is N#CC1(NC(=O)c2ccc3c(C4CCCCC4)c(-c4ccoc4)n(CC(=O)N4CCC(N5CCCC5)CC4)c3c2)CCC1. The van der Waals surface area contributed by atoms with Crippen LogP contribution in [0.3, 0.4) is 0 Å². The van der Waals surface area contributed by atoms with Crippen molar-refractivity contribution in [1.29, 1.82) is 5.26 Å². The number of nitrogens with one attached hydrogen (secondary N) is 1. The summed E-state index contributed by atoms with van der Waals surface area (Å²) in [7, 11) is 0. The second-order valence-corrected chi connectivity index (χ2v) is 13.3. The molecular weight excluding hydrogens is 538 g/mol. The number of amides is 2. The molecule has 1 N–H and O–H groups in total. The van der Waals surface area contributed by atoms with Gasteiger partial charge in [-0.3, -0.25) is 9.59 Å². The first-order chi connectivity index (χ1) is 21.0. The molecule has 0 unspecified atom stereocenters. The molecule has 3 aromatic rings. The Balaban J connectivity index is 1.25. The molecule has 226 valence electrons. The van der Waals surface area contributed by atoms with Crippen LogP contribution in [0.25, 0.3) is 22.2 Å². The highest BCUT2D eigenvalue weighted by Gasteiger charge is 2.39. The number of hydrogen-bond acceptors (Lipinski definition) is 5. The minimum Gasteiger partial charge on any atom is -0.472 e. The lowest BCUT2D eigenvalue weighted by molar-refractivity contribution is -0.133. The minimum absolute atomic E-state index is 0.129. The van der Waals surface area contributed by atoms with E-state index in [1.807, 2.05) is 23.1 Å². The van der Waals surface area contributed by atoms with E-state index in [4.69, 9.17) is 4.42 Å². The molecule has 2 amide bonds. The fraction of sp³-hybridized carbons (Fsp3) is 0.571. The lowest BCUT2D eigenvalue weighted by atomic mass is 9.78. The van der Waals surface area contributed by atoms with Crippen LogP contribution in [-0.2, 0) is 11.3 Å². The predicted molar refractivity (Wildman–Crippen MR) is 166 cm³/mol. The summed E-state index contributed by atoms with van der Waals surface area (Å²) in [6.45, 7) is 4.19. The number of aromatic nitrogens is 1. The van der Waals surface area contributed by atoms with Crippen molar-refractivity contribution < 1.29 is 14.0 Å². The fourth-order valence-electron chi connectivity index (χ4n) is 8.10. The highest BCUT2D eigenvalue weighted by Crippen LogP contribution is 2.44. The highest BCUT2D eigenvalue weighted by atomic mass is 16.3. The zero-order valence-corrected chi connectivity index (χ0v) is 25.2. The molecule has 8 heteroatoms. The van der Waals surface area contributed by atoms with Crippen LogP contribution in [0.15, 0.2) is 41.2 Å². The quantitative estimate of drug-likeness (QED) is 0.358. The zero-order valence-electron chi connectivity index (χ0n) is 25.2. The Kier molecular flexibility index (Phi) is 7.77. The second-order valence-electron chi connectivity index (χ2n) is 13.3. The number of furan rings is 1. The number of benzene rings is 1. The Morgan fingerprint density at radius 3 is 2.37 bits per heavy atom. The van der Waals surface area contributed by atoms with E-state index in [0.29, 0.717) is 30.4 Å². The van der Waals surface area contributed by atoms with Crippen LogP contribution in [0.1, 0.15) is 98.9 Å². The molecule has 2 saturated carbocycles. The standard InChI is InChI=1S/C35H43N5O3/c36-24-35(14-6-15-35)37-34(42)26-9-10-29-30(21-26)40(22-31(41)39-18-11-28(12-19-39)38-16-4-5-17-38)33(27-13-20-43-23-27)32(29)25-7-2-1-3-8-25/h9-10,13,20-21,23,25,28H,1-8,11-12,14-19,22H2,(H,37,42). The second kappa shape index (κ2) is 11.8. The summed E-state index contributed by atoms with van der Waals surface area (Å²) in [5.74, 6) is 0.296. The van der Waals surface area contributed by atoms with Gasteiger partial charge in [-0.25, -0.2) is 0 Å². The fourth-order valence-corrected chi connectivity index (χ4v) is 8.10. The monoisotopic (exact) mass is 581 g/mol. The molecule has 2 aliphatic heterocycles. The van der Waals surface area contributed by atoms with Gasteiger partial charge in [-0.15, -0.1) is 0 Å². The number of fused-ring (bicyclic) bond motifs is 1. The molecule has 2 aromatic heterocycles. The van der Waals surface area contributed by atoms with E-state index < -0.39 is 5.54 Å². The molecule has 0 spiro atoms. The van der Waals surface area contributed by atoms with Gasteiger partial charge in [0.05, 0.1) is 29.8 Å². The minimum atomic E-state index is -0.763. The van der Waals surface area contributed by atoms with E-state index in [-0.39, 0.29) is 18.4 Å². The molecule has 4 fully saturated rings. The van der Waals surface area contributed by atoms with Gasteiger partial charge in [0.15, 0.2) is 0 Å². The van der Waals surface area contributed by atoms with Gasteiger partial charge < -0.3 is 24.1 Å². The van der Waals surface area contributed by atoms with Gasteiger partial charge in [0, 0.05) is 35.6 Å². The van der Waals surface area contributed by atoms with Gasteiger partial charge in [-0.1, -0.05) is 25.3 Å². The summed E-state index contributed by atoms with van der Waals surface area (Å²) >= 11 is 0. The molecule has 2 saturated heterocycles. The highest BCUT2D eigenvalue weighted by molar-refractivity contribution is 6.01. The maximum absolute atomic E-state index is 14.0. The van der Waals surface area contributed by atoms with Crippen LogP contribution in [-0.4, -0.2) is 63.9 Å². The topological polar surface area (TPSA) is 94.5 Å². The third-order valence-corrected chi connectivity index (χ3v) is 10.7. The first kappa shape index (κ1) is 28.2. The average Bonchev–Trinajstić information content (AvgIpc) is 3.81. The summed E-state index contributed by atoms with van der Waals surface area (Å²) in [4.78, 5) is 32.1. The zero-order chi connectivity index (χ0) is 29.4. The van der Waals surface area contributed by atoms with E-state index in [1.54, 1.807) is 12.5 Å². The first-order valence-corrected chi connectivity index (χ1v) is 16.5. The van der Waals surface area contributed by atoms with Gasteiger partial charge in [-0.2, -0.15) is 5.26 Å². The largest absolute Gasteiger partial charge is 0.472 e. The summed E-state index contributed by atoms with van der Waals surface area (Å²) in [5, 5.41) is 13.8. The Morgan fingerprint density at radius 2 is 1.72 bits per heavy atom. The van der Waals surface area contributed by atoms with Crippen molar-refractivity contribution in [1.82, 2.24) is 19.7 Å². The molecule has 4 aliphatic rings. The predicted octanol–water partition coefficient (Wildman–Crippen LogP) is 6.21. The molecule has 0 atom stereocenters. The molecule has 0 radical (unpaired) electrons. The van der Waals surface area contributed by atoms with Crippen LogP contribution in [0.4, 0.5) is 0 Å². The van der Waals surface area contributed by atoms with Crippen molar-refractivity contribution >= 4 is 22.7 Å². The number of piperidine rings is 1. The van der Waals surface area contributed by atoms with Crippen LogP contribution < -0.4 is 5.32 Å². The number of rotatable bonds is 7. The number of carbonyl (C=O) groups excluding carboxylic acids is 2. The van der Waals surface area contributed by atoms with Crippen molar-refractivity contribution in [2.24, 2.45) is 0 Å². The Labute approximate surface area is 254 Å². The number of likely N-dealkylation sites (tertiary alicyclic amines) is 2. The van der Waals surface area contributed by atoms with Crippen molar-refractivity contribution in [3.63, 3.8) is 0 Å². The summed E-state index contributed by atoms with van der Waals surface area (Å²) in [5.41, 5.74) is 3.96. The van der Waals surface area contributed by atoms with Gasteiger partial charge >= 0.3 is 0 Å². The lowest BCUT2D eigenvalue weighted by Crippen LogP contribution is -2.52. The van der Waals surface area contributed by atoms with Crippen molar-refractivity contribution in [3.8, 4) is 17.3 Å². The van der Waals surface area contributed by atoms with Gasteiger partial charge in [0.2, 0.25) is 5.91 Å². The maximum atomic E-state index is 14.0. The molecule has 4 heterocycles. The van der Waals surface area contributed by atoms with Gasteiger partial charge in [0.25, 0.3) is 5.91 Å². The van der Waals surface area contributed by atoms with E-state index in [2.05, 4.69) is 26.9 Å². The molecule has 43 heavy (non-hydrogen) atoms. The van der Waals surface area contributed by atoms with E-state index in [9.17, 15) is 14.9 Å². The average molecular weight is 582 g/mol. The van der Waals surface area contributed by atoms with Crippen LogP contribution in [0.5, 0.6) is 0 Å². The van der Waals surface area contributed by atoms with Crippen molar-refractivity contribution in [3.05, 3.63) is 47.9 Å². The number of carbonyl (C=O) groups is 2. The lowest BCUT2D eigenvalue weighted by Gasteiger charge is -2.36. The molecular formula is C35H43N5O3. The molecule has 1 aromatic carbocycles. The Morgan fingerprint density at radius 1 is 0.953 bits per heavy atom. The maximum Gasteiger partial charge on any atom is 0.252 e. The molecule has 8 nitrogen and oxygen atoms in total. The summed E-state index contributed by atoms with van der Waals surface area (Å²) in [6.07, 6.45) is 16.3. The third-order valence-electron chi connectivity index (χ3n) is 10.7. The third kappa shape index (κ3) is 5.37. The summed E-state index contributed by atoms with van der Waals surface area (Å²) < 4.78 is 7.74. The number of nitrogens with zero attached hydrogens (tertiary/aromatic N) is 4. The van der Waals surface area contributed by atoms with Crippen LogP contribution in [0, 0.1) is 11.3 Å². The van der Waals surface area contributed by atoms with E-state index in [1.165, 1.54) is 50.8 Å². The summed E-state index contributed by atoms with van der Waals surface area (Å²) in [6, 6.07) is 10.8. The van der Waals surface area contributed by atoms with Crippen LogP contribution in [0.2, 0.25) is 0 Å². The van der Waals surface area contributed by atoms with E-state index >= 15 is 0 Å². The van der Waals surface area contributed by atoms with Crippen molar-refractivity contribution in [2.45, 2.75) is 101 Å².